The van der Waals surface area contributed by atoms with Crippen LogP contribution in [-0.4, -0.2) is 104 Å². The fraction of sp³-hybridized carbons (Fsp3) is 0.351. The third kappa shape index (κ3) is 8.79. The van der Waals surface area contributed by atoms with Gasteiger partial charge in [-0.15, -0.1) is 0 Å². The number of hydrogen-bond donors (Lipinski definition) is 3. The molecule has 3 saturated heterocycles. The smallest absolute Gasteiger partial charge is 0.389 e. The molecule has 0 amide bonds. The molecule has 27 heteroatoms. The number of carbonyl (C=O) groups excluding carboxylic acids is 1. The highest BCUT2D eigenvalue weighted by molar-refractivity contribution is 8.54. The number of pyridine rings is 1. The Labute approximate surface area is 365 Å². The molecular weight excluding hydrogens is 905 g/mol. The Balaban J connectivity index is 0.990. The Bertz CT molecular complexity index is 2860. The molecule has 3 aliphatic rings. The van der Waals surface area contributed by atoms with Crippen LogP contribution >= 0.6 is 25.7 Å². The van der Waals surface area contributed by atoms with Crippen LogP contribution in [0.2, 0.25) is 0 Å². The fourth-order valence-electron chi connectivity index (χ4n) is 7.32. The van der Waals surface area contributed by atoms with Crippen LogP contribution in [0.1, 0.15) is 35.3 Å². The summed E-state index contributed by atoms with van der Waals surface area (Å²) in [4.78, 5) is 44.3. The summed E-state index contributed by atoms with van der Waals surface area (Å²) < 4.78 is 111. The topological polar surface area (TPSA) is 271 Å². The lowest BCUT2D eigenvalue weighted by atomic mass is 10.1. The zero-order valence-electron chi connectivity index (χ0n) is 33.7. The molecule has 2 aromatic carbocycles. The number of benzene rings is 2. The second-order valence-electron chi connectivity index (χ2n) is 14.7. The number of esters is 1. The molecule has 0 unspecified atom stereocenters. The zero-order chi connectivity index (χ0) is 44.9. The van der Waals surface area contributed by atoms with E-state index in [1.54, 1.807) is 36.4 Å². The first kappa shape index (κ1) is 44.0. The van der Waals surface area contributed by atoms with E-state index in [1.165, 1.54) is 35.3 Å². The number of nitrogens with one attached hydrogen (secondary N) is 1. The molecule has 0 saturated carbocycles. The molecular formula is C37H38BF2N9O12P2S. The predicted octanol–water partition coefficient (Wildman–Crippen LogP) is 4.42. The van der Waals surface area contributed by atoms with Gasteiger partial charge in [-0.3, -0.25) is 32.5 Å². The van der Waals surface area contributed by atoms with Crippen molar-refractivity contribution in [1.82, 2.24) is 34.1 Å². The van der Waals surface area contributed by atoms with Crippen molar-refractivity contribution in [2.75, 3.05) is 31.3 Å². The minimum Gasteiger partial charge on any atom is -0.494 e. The summed E-state index contributed by atoms with van der Waals surface area (Å²) in [5, 5.41) is 0. The molecule has 5 N–H and O–H groups in total. The van der Waals surface area contributed by atoms with E-state index >= 15 is 8.78 Å². The highest BCUT2D eigenvalue weighted by Crippen LogP contribution is 2.65. The van der Waals surface area contributed by atoms with E-state index in [2.05, 4.69) is 24.9 Å². The summed E-state index contributed by atoms with van der Waals surface area (Å²) in [6.45, 7) is -3.58. The standard InChI is InChI=1S/C37H38BF2N9O12P2S/c1-2-54-20-9-5-19(6-10-20)36(51)57-21-7-3-18(4-8-21)15-64-63(53)56-14-24-29(25(39)35(59-24)49-17-45-28-32(49)46-37(42)47-33(28)50)60-62(38,52)55-13-23-30(61-63)26(40)34(58-23)48-16-44-27-22(41)11-12-43-31(27)48/h3-12,16-17,23-26,29-30,34-35H,2,13-15,38H2,1H3,(H2,41,43)(H3,42,46,47,50)/t23-,24-,25-,26-,29-,30-,34-,35-,62+,63-/m1/s1. The molecule has 0 radical (unpaired) electrons. The Morgan fingerprint density at radius 1 is 0.875 bits per heavy atom. The zero-order valence-corrected chi connectivity index (χ0v) is 36.3. The lowest BCUT2D eigenvalue weighted by molar-refractivity contribution is -0.0546. The van der Waals surface area contributed by atoms with Gasteiger partial charge in [0.2, 0.25) is 5.95 Å². The van der Waals surface area contributed by atoms with Crippen molar-refractivity contribution in [3.8, 4) is 11.5 Å². The Morgan fingerprint density at radius 3 is 2.19 bits per heavy atom. The van der Waals surface area contributed by atoms with Crippen molar-refractivity contribution < 1.29 is 59.7 Å². The first-order valence-corrected chi connectivity index (χ1v) is 24.7. The normalized spacial score (nSPS) is 29.7. The number of rotatable bonds is 9. The van der Waals surface area contributed by atoms with Gasteiger partial charge in [0, 0.05) is 11.9 Å². The Kier molecular flexibility index (Phi) is 12.1. The van der Waals surface area contributed by atoms with E-state index in [0.717, 1.165) is 18.5 Å². The maximum absolute atomic E-state index is 16.9. The number of H-pyrrole nitrogens is 1. The molecule has 21 nitrogen and oxygen atoms in total. The molecule has 9 rings (SSSR count). The number of halogens is 2. The van der Waals surface area contributed by atoms with Crippen LogP contribution in [0.15, 0.2) is 78.2 Å². The molecule has 336 valence electrons. The van der Waals surface area contributed by atoms with Gasteiger partial charge in [-0.2, -0.15) is 4.98 Å². The number of fused-ring (bicyclic) bond motifs is 4. The predicted molar refractivity (Wildman–Crippen MR) is 228 cm³/mol. The molecule has 3 aliphatic heterocycles. The van der Waals surface area contributed by atoms with E-state index in [9.17, 15) is 18.7 Å². The summed E-state index contributed by atoms with van der Waals surface area (Å²) in [6, 6.07) is 14.3. The number of alkyl halides is 2. The number of ether oxygens (including phenoxy) is 4. The van der Waals surface area contributed by atoms with E-state index < -0.39 is 88.2 Å². The van der Waals surface area contributed by atoms with Crippen molar-refractivity contribution in [2.24, 2.45) is 0 Å². The average molecular weight is 944 g/mol. The van der Waals surface area contributed by atoms with Gasteiger partial charge in [-0.25, -0.2) is 33.1 Å². The summed E-state index contributed by atoms with van der Waals surface area (Å²) in [5.41, 5.74) is 12.4. The highest BCUT2D eigenvalue weighted by atomic mass is 32.7. The van der Waals surface area contributed by atoms with E-state index in [-0.39, 0.29) is 45.5 Å². The van der Waals surface area contributed by atoms with Gasteiger partial charge in [0.1, 0.15) is 41.4 Å². The van der Waals surface area contributed by atoms with Crippen LogP contribution in [-0.2, 0) is 42.5 Å². The summed E-state index contributed by atoms with van der Waals surface area (Å²) >= 11 is 0.676. The molecule has 0 spiro atoms. The van der Waals surface area contributed by atoms with E-state index in [1.807, 2.05) is 6.92 Å². The molecule has 64 heavy (non-hydrogen) atoms. The molecule has 0 bridgehead atoms. The van der Waals surface area contributed by atoms with Crippen LogP contribution in [0.4, 0.5) is 20.4 Å². The third-order valence-corrected chi connectivity index (χ3v) is 15.3. The molecule has 6 aromatic rings. The maximum atomic E-state index is 16.9. The second-order valence-corrected chi connectivity index (χ2v) is 20.8. The van der Waals surface area contributed by atoms with Crippen LogP contribution in [0.5, 0.6) is 11.5 Å². The average Bonchev–Trinajstić information content (AvgIpc) is 4.04. The number of nitrogens with zero attached hydrogens (tertiary/aromatic N) is 6. The summed E-state index contributed by atoms with van der Waals surface area (Å²) in [5.74, 6) is -0.107. The van der Waals surface area contributed by atoms with Crippen LogP contribution in [0, 0.1) is 0 Å². The number of anilines is 2. The van der Waals surface area contributed by atoms with Gasteiger partial charge >= 0.3 is 12.8 Å². The van der Waals surface area contributed by atoms with Crippen LogP contribution in [0.25, 0.3) is 22.3 Å². The number of aromatic nitrogens is 7. The summed E-state index contributed by atoms with van der Waals surface area (Å²) in [6.07, 6.45) is -9.70. The summed E-state index contributed by atoms with van der Waals surface area (Å²) in [7, 11) is -3.15. The van der Waals surface area contributed by atoms with Gasteiger partial charge in [-0.1, -0.05) is 12.1 Å². The fourth-order valence-corrected chi connectivity index (χ4v) is 11.9. The van der Waals surface area contributed by atoms with Gasteiger partial charge in [0.05, 0.1) is 43.7 Å². The van der Waals surface area contributed by atoms with Gasteiger partial charge in [0.15, 0.2) is 41.6 Å². The molecule has 0 aliphatic carbocycles. The highest BCUT2D eigenvalue weighted by Gasteiger charge is 2.54. The van der Waals surface area contributed by atoms with Gasteiger partial charge < -0.3 is 39.5 Å². The third-order valence-electron chi connectivity index (χ3n) is 10.4. The van der Waals surface area contributed by atoms with E-state index in [4.69, 9.17) is 48.5 Å². The maximum Gasteiger partial charge on any atom is 0.389 e. The number of imidazole rings is 2. The lowest BCUT2D eigenvalue weighted by Gasteiger charge is -2.30. The van der Waals surface area contributed by atoms with Crippen molar-refractivity contribution in [3.63, 3.8) is 0 Å². The minimum atomic E-state index is -4.55. The quantitative estimate of drug-likeness (QED) is 0.0783. The van der Waals surface area contributed by atoms with Gasteiger partial charge in [-0.05, 0) is 66.3 Å². The van der Waals surface area contributed by atoms with E-state index in [0.29, 0.717) is 34.9 Å². The Hall–Kier alpha value is -5.23. The molecule has 10 atom stereocenters. The van der Waals surface area contributed by atoms with Crippen LogP contribution < -0.4 is 26.5 Å². The SMILES string of the molecule is B[P@]1(=O)OC[C@H]2O[C@@H](n3cnc4c(N)ccnc43)[C@H](F)[C@@H]2O[P@](=O)(SCc2ccc(OC(=O)c3ccc(OCC)cc3)cc2)OC[C@H]2O[C@@H](n3cnc4c(=O)[nH]c(N)nc43)[C@H](F)[C@@H]2O1. The van der Waals surface area contributed by atoms with Crippen LogP contribution in [0.3, 0.4) is 0 Å². The monoisotopic (exact) mass is 943 g/mol. The van der Waals surface area contributed by atoms with Crippen molar-refractivity contribution in [1.29, 1.82) is 0 Å². The van der Waals surface area contributed by atoms with Crippen molar-refractivity contribution in [3.05, 3.63) is 94.9 Å². The number of nitrogen functional groups attached to an aromatic ring is 2. The molecule has 4 aromatic heterocycles. The minimum absolute atomic E-state index is 0.0541. The van der Waals surface area contributed by atoms with Crippen molar-refractivity contribution >= 4 is 73.2 Å². The number of hydrogen-bond acceptors (Lipinski definition) is 19. The van der Waals surface area contributed by atoms with Gasteiger partial charge in [0.25, 0.3) is 20.6 Å². The Morgan fingerprint density at radius 2 is 1.50 bits per heavy atom. The molecule has 3 fully saturated rings. The number of nitrogens with two attached hydrogens (primary N) is 2. The molecule has 7 heterocycles. The number of aromatic amines is 1. The first-order chi connectivity index (χ1) is 30.7. The largest absolute Gasteiger partial charge is 0.494 e. The van der Waals surface area contributed by atoms with Crippen molar-refractivity contribution in [2.45, 2.75) is 61.9 Å². The number of carbonyl (C=O) groups is 1. The second kappa shape index (κ2) is 17.6. The lowest BCUT2D eigenvalue weighted by Crippen LogP contribution is -2.37. The first-order valence-electron chi connectivity index (χ1n) is 19.6.